The molecule has 0 saturated heterocycles. The Balaban J connectivity index is 2.09. The van der Waals surface area contributed by atoms with Crippen LogP contribution < -0.4 is 0 Å². The number of pyridine rings is 1. The number of ketones is 1. The van der Waals surface area contributed by atoms with E-state index in [0.717, 1.165) is 22.0 Å². The van der Waals surface area contributed by atoms with E-state index in [1.165, 1.54) is 11.1 Å². The van der Waals surface area contributed by atoms with Crippen molar-refractivity contribution in [3.05, 3.63) is 78.5 Å². The number of fused-ring (bicyclic) bond motifs is 3. The van der Waals surface area contributed by atoms with Crippen LogP contribution in [0.3, 0.4) is 0 Å². The third-order valence-electron chi connectivity index (χ3n) is 4.11. The van der Waals surface area contributed by atoms with Crippen LogP contribution in [0.4, 0.5) is 0 Å². The quantitative estimate of drug-likeness (QED) is 0.477. The zero-order valence-electron chi connectivity index (χ0n) is 12.3. The van der Waals surface area contributed by atoms with Gasteiger partial charge in [0.15, 0.2) is 5.78 Å². The second kappa shape index (κ2) is 4.85. The lowest BCUT2D eigenvalue weighted by atomic mass is 10.0. The molecule has 0 spiro atoms. The van der Waals surface area contributed by atoms with E-state index in [1.54, 1.807) is 6.92 Å². The van der Waals surface area contributed by atoms with E-state index in [2.05, 4.69) is 40.8 Å². The van der Waals surface area contributed by atoms with Crippen LogP contribution in [-0.2, 0) is 0 Å². The number of carbonyl (C=O) groups is 1. The lowest BCUT2D eigenvalue weighted by Crippen LogP contribution is -1.95. The molecule has 0 aliphatic carbocycles. The number of aromatic nitrogens is 1. The number of hydrogen-bond acceptors (Lipinski definition) is 1. The first kappa shape index (κ1) is 12.8. The average Bonchev–Trinajstić information content (AvgIpc) is 3.04. The molecule has 0 radical (unpaired) electrons. The monoisotopic (exact) mass is 285 g/mol. The van der Waals surface area contributed by atoms with Crippen LogP contribution >= 0.6 is 0 Å². The minimum atomic E-state index is 0.0920. The zero-order valence-corrected chi connectivity index (χ0v) is 12.3. The van der Waals surface area contributed by atoms with Crippen LogP contribution in [-0.4, -0.2) is 10.2 Å². The smallest absolute Gasteiger partial charge is 0.159 e. The van der Waals surface area contributed by atoms with E-state index in [-0.39, 0.29) is 5.78 Å². The van der Waals surface area contributed by atoms with Gasteiger partial charge in [0.1, 0.15) is 0 Å². The van der Waals surface area contributed by atoms with Crippen LogP contribution in [0.15, 0.2) is 72.9 Å². The van der Waals surface area contributed by atoms with Crippen molar-refractivity contribution < 1.29 is 4.79 Å². The highest BCUT2D eigenvalue weighted by molar-refractivity contribution is 6.00. The van der Waals surface area contributed by atoms with Crippen LogP contribution in [0.2, 0.25) is 0 Å². The number of benzene rings is 2. The van der Waals surface area contributed by atoms with Gasteiger partial charge >= 0.3 is 0 Å². The fourth-order valence-corrected chi connectivity index (χ4v) is 2.98. The average molecular weight is 285 g/mol. The highest BCUT2D eigenvalue weighted by Crippen LogP contribution is 2.30. The Morgan fingerprint density at radius 3 is 2.45 bits per heavy atom. The summed E-state index contributed by atoms with van der Waals surface area (Å²) in [5.74, 6) is 0.0920. The Labute approximate surface area is 128 Å². The molecule has 106 valence electrons. The van der Waals surface area contributed by atoms with E-state index in [9.17, 15) is 4.79 Å². The molecule has 2 aromatic heterocycles. The Morgan fingerprint density at radius 2 is 1.68 bits per heavy atom. The first-order valence-corrected chi connectivity index (χ1v) is 7.34. The molecule has 2 nitrogen and oxygen atoms in total. The van der Waals surface area contributed by atoms with Crippen LogP contribution in [0.25, 0.3) is 27.5 Å². The summed E-state index contributed by atoms with van der Waals surface area (Å²) in [6, 6.07) is 22.6. The van der Waals surface area contributed by atoms with Gasteiger partial charge in [0, 0.05) is 17.3 Å². The Kier molecular flexibility index (Phi) is 2.83. The van der Waals surface area contributed by atoms with Crippen molar-refractivity contribution in [1.82, 2.24) is 4.40 Å². The molecule has 2 heteroatoms. The summed E-state index contributed by atoms with van der Waals surface area (Å²) in [5.41, 5.74) is 5.36. The normalized spacial score (nSPS) is 11.1. The maximum Gasteiger partial charge on any atom is 0.159 e. The van der Waals surface area contributed by atoms with Gasteiger partial charge in [-0.25, -0.2) is 0 Å². The lowest BCUT2D eigenvalue weighted by Gasteiger charge is -2.10. The lowest BCUT2D eigenvalue weighted by molar-refractivity contribution is 0.101. The molecule has 2 aromatic carbocycles. The van der Waals surface area contributed by atoms with Crippen LogP contribution in [0, 0.1) is 0 Å². The highest BCUT2D eigenvalue weighted by atomic mass is 16.1. The topological polar surface area (TPSA) is 21.5 Å². The van der Waals surface area contributed by atoms with Gasteiger partial charge in [-0.2, -0.15) is 0 Å². The molecule has 0 amide bonds. The molecule has 0 fully saturated rings. The molecular formula is C20H15NO. The molecule has 0 bridgehead atoms. The minimum absolute atomic E-state index is 0.0920. The maximum absolute atomic E-state index is 11.6. The molecule has 0 saturated carbocycles. The highest BCUT2D eigenvalue weighted by Gasteiger charge is 2.09. The van der Waals surface area contributed by atoms with Crippen molar-refractivity contribution in [2.45, 2.75) is 6.92 Å². The summed E-state index contributed by atoms with van der Waals surface area (Å²) in [5, 5.41) is 1.13. The standard InChI is InChI=1S/C20H15NO/c1-14(22)16-9-10-17-12-18(15-6-3-2-4-7-15)19-8-5-11-21(19)20(17)13-16/h2-13H,1H3. The van der Waals surface area contributed by atoms with Gasteiger partial charge in [-0.05, 0) is 42.1 Å². The predicted molar refractivity (Wildman–Crippen MR) is 90.3 cm³/mol. The van der Waals surface area contributed by atoms with Gasteiger partial charge in [-0.15, -0.1) is 0 Å². The first-order valence-electron chi connectivity index (χ1n) is 7.34. The molecular weight excluding hydrogens is 270 g/mol. The van der Waals surface area contributed by atoms with E-state index in [1.807, 2.05) is 36.5 Å². The molecule has 4 aromatic rings. The third-order valence-corrected chi connectivity index (χ3v) is 4.11. The van der Waals surface area contributed by atoms with Crippen LogP contribution in [0.5, 0.6) is 0 Å². The van der Waals surface area contributed by atoms with Crippen molar-refractivity contribution in [2.75, 3.05) is 0 Å². The second-order valence-corrected chi connectivity index (χ2v) is 5.52. The van der Waals surface area contributed by atoms with Crippen molar-refractivity contribution in [3.8, 4) is 11.1 Å². The van der Waals surface area contributed by atoms with Crippen molar-refractivity contribution >= 4 is 22.2 Å². The number of Topliss-reactive ketones (excluding diaryl/α,β-unsaturated/α-hetero) is 1. The van der Waals surface area contributed by atoms with Crippen molar-refractivity contribution in [3.63, 3.8) is 0 Å². The number of nitrogens with zero attached hydrogens (tertiary/aromatic N) is 1. The van der Waals surface area contributed by atoms with Gasteiger partial charge in [-0.3, -0.25) is 4.79 Å². The molecule has 0 aliphatic heterocycles. The van der Waals surface area contributed by atoms with Gasteiger partial charge in [-0.1, -0.05) is 42.5 Å². The first-order chi connectivity index (χ1) is 10.7. The molecule has 4 rings (SSSR count). The van der Waals surface area contributed by atoms with Crippen molar-refractivity contribution in [2.24, 2.45) is 0 Å². The van der Waals surface area contributed by atoms with E-state index < -0.39 is 0 Å². The Bertz CT molecular complexity index is 996. The van der Waals surface area contributed by atoms with E-state index >= 15 is 0 Å². The zero-order chi connectivity index (χ0) is 15.1. The summed E-state index contributed by atoms with van der Waals surface area (Å²) < 4.78 is 2.16. The summed E-state index contributed by atoms with van der Waals surface area (Å²) in [4.78, 5) is 11.6. The molecule has 0 aliphatic rings. The largest absolute Gasteiger partial charge is 0.316 e. The van der Waals surface area contributed by atoms with Crippen LogP contribution in [0.1, 0.15) is 17.3 Å². The minimum Gasteiger partial charge on any atom is -0.316 e. The van der Waals surface area contributed by atoms with Gasteiger partial charge in [0.25, 0.3) is 0 Å². The molecule has 0 unspecified atom stereocenters. The molecule has 22 heavy (non-hydrogen) atoms. The number of carbonyl (C=O) groups excluding carboxylic acids is 1. The fourth-order valence-electron chi connectivity index (χ4n) is 2.98. The summed E-state index contributed by atoms with van der Waals surface area (Å²) >= 11 is 0. The Hall–Kier alpha value is -2.87. The molecule has 0 N–H and O–H groups in total. The summed E-state index contributed by atoms with van der Waals surface area (Å²) in [7, 11) is 0. The molecule has 2 heterocycles. The number of hydrogen-bond donors (Lipinski definition) is 0. The maximum atomic E-state index is 11.6. The summed E-state index contributed by atoms with van der Waals surface area (Å²) in [6.45, 7) is 1.60. The molecule has 0 atom stereocenters. The Morgan fingerprint density at radius 1 is 0.864 bits per heavy atom. The van der Waals surface area contributed by atoms with Gasteiger partial charge in [0.05, 0.1) is 11.0 Å². The van der Waals surface area contributed by atoms with E-state index in [0.29, 0.717) is 0 Å². The second-order valence-electron chi connectivity index (χ2n) is 5.52. The third kappa shape index (κ3) is 1.92. The van der Waals surface area contributed by atoms with Crippen molar-refractivity contribution in [1.29, 1.82) is 0 Å². The van der Waals surface area contributed by atoms with E-state index in [4.69, 9.17) is 0 Å². The summed E-state index contributed by atoms with van der Waals surface area (Å²) in [6.07, 6.45) is 2.05. The predicted octanol–water partition coefficient (Wildman–Crippen LogP) is 4.96. The number of rotatable bonds is 2. The SMILES string of the molecule is CC(=O)c1ccc2cc(-c3ccccc3)c3cccn3c2c1. The van der Waals surface area contributed by atoms with Gasteiger partial charge in [0.2, 0.25) is 0 Å². The van der Waals surface area contributed by atoms with Gasteiger partial charge < -0.3 is 4.40 Å². The fraction of sp³-hybridized carbons (Fsp3) is 0.0500.